The van der Waals surface area contributed by atoms with Crippen LogP contribution in [0.15, 0.2) is 24.3 Å². The van der Waals surface area contributed by atoms with Gasteiger partial charge in [0.05, 0.1) is 25.0 Å². The van der Waals surface area contributed by atoms with Gasteiger partial charge in [-0.2, -0.15) is 23.5 Å². The zero-order chi connectivity index (χ0) is 28.8. The van der Waals surface area contributed by atoms with Gasteiger partial charge in [0.1, 0.15) is 12.1 Å². The SMILES string of the molecule is CSCC[C@@H](NC(=O)CC(O)/C=C/CCSSCC/C=C/C(O)CC(=O)N[C@H](CCSC)C(=O)O)C(=O)O. The summed E-state index contributed by atoms with van der Waals surface area (Å²) in [6, 6.07) is -1.91. The van der Waals surface area contributed by atoms with Gasteiger partial charge in [0.2, 0.25) is 11.8 Å². The number of hydrogen-bond acceptors (Lipinski definition) is 10. The number of aliphatic hydroxyl groups is 2. The summed E-state index contributed by atoms with van der Waals surface area (Å²) in [6.07, 6.45) is 10.0. The zero-order valence-electron chi connectivity index (χ0n) is 21.7. The number of rotatable bonds is 23. The maximum atomic E-state index is 11.9. The van der Waals surface area contributed by atoms with Crippen LogP contribution in [0.2, 0.25) is 0 Å². The molecule has 0 saturated heterocycles. The Morgan fingerprint density at radius 3 is 1.37 bits per heavy atom. The van der Waals surface area contributed by atoms with E-state index in [0.717, 1.165) is 11.5 Å². The van der Waals surface area contributed by atoms with Crippen molar-refractivity contribution in [3.8, 4) is 0 Å². The lowest BCUT2D eigenvalue weighted by Crippen LogP contribution is -2.42. The molecule has 218 valence electrons. The van der Waals surface area contributed by atoms with Crippen LogP contribution in [0, 0.1) is 0 Å². The number of carbonyl (C=O) groups excluding carboxylic acids is 2. The molecule has 10 nitrogen and oxygen atoms in total. The maximum absolute atomic E-state index is 11.9. The molecule has 0 aromatic heterocycles. The number of carbonyl (C=O) groups is 4. The average molecular weight is 613 g/mol. The number of allylic oxidation sites excluding steroid dienone is 2. The van der Waals surface area contributed by atoms with Crippen molar-refractivity contribution in [2.45, 2.75) is 62.8 Å². The van der Waals surface area contributed by atoms with Gasteiger partial charge >= 0.3 is 11.9 Å². The summed E-state index contributed by atoms with van der Waals surface area (Å²) in [5, 5.41) is 43.1. The van der Waals surface area contributed by atoms with Crippen LogP contribution in [0.1, 0.15) is 38.5 Å². The molecule has 0 aromatic rings. The van der Waals surface area contributed by atoms with Crippen LogP contribution in [0.3, 0.4) is 0 Å². The van der Waals surface area contributed by atoms with E-state index in [1.54, 1.807) is 33.7 Å². The second-order valence-electron chi connectivity index (χ2n) is 8.10. The largest absolute Gasteiger partial charge is 0.480 e. The fourth-order valence-corrected chi connectivity index (χ4v) is 5.79. The molecule has 0 rings (SSSR count). The van der Waals surface area contributed by atoms with Gasteiger partial charge in [0.25, 0.3) is 0 Å². The summed E-state index contributed by atoms with van der Waals surface area (Å²) in [6.45, 7) is 0. The maximum Gasteiger partial charge on any atom is 0.326 e. The molecule has 0 aromatic carbocycles. The van der Waals surface area contributed by atoms with Crippen molar-refractivity contribution >= 4 is 68.9 Å². The van der Waals surface area contributed by atoms with Crippen molar-refractivity contribution in [3.05, 3.63) is 24.3 Å². The molecule has 6 N–H and O–H groups in total. The second-order valence-corrected chi connectivity index (χ2v) is 12.8. The minimum absolute atomic E-state index is 0.195. The van der Waals surface area contributed by atoms with Crippen molar-refractivity contribution in [2.75, 3.05) is 35.5 Å². The van der Waals surface area contributed by atoms with E-state index in [4.69, 9.17) is 10.2 Å². The Labute approximate surface area is 241 Å². The lowest BCUT2D eigenvalue weighted by molar-refractivity contribution is -0.142. The average Bonchev–Trinajstić information content (AvgIpc) is 2.84. The van der Waals surface area contributed by atoms with Crippen LogP contribution >= 0.6 is 45.1 Å². The van der Waals surface area contributed by atoms with Crippen molar-refractivity contribution < 1.29 is 39.6 Å². The summed E-state index contributed by atoms with van der Waals surface area (Å²) < 4.78 is 0. The summed E-state index contributed by atoms with van der Waals surface area (Å²) in [5.41, 5.74) is 0. The van der Waals surface area contributed by atoms with Crippen LogP contribution < -0.4 is 10.6 Å². The molecule has 38 heavy (non-hydrogen) atoms. The van der Waals surface area contributed by atoms with Crippen LogP contribution in [-0.2, 0) is 19.2 Å². The Kier molecular flexibility index (Phi) is 22.7. The first-order chi connectivity index (χ1) is 18.1. The van der Waals surface area contributed by atoms with Gasteiger partial charge in [-0.1, -0.05) is 45.9 Å². The predicted octanol–water partition coefficient (Wildman–Crippen LogP) is 2.41. The van der Waals surface area contributed by atoms with E-state index >= 15 is 0 Å². The normalized spacial score (nSPS) is 14.7. The van der Waals surface area contributed by atoms with E-state index in [0.29, 0.717) is 37.2 Å². The van der Waals surface area contributed by atoms with Crippen molar-refractivity contribution in [1.82, 2.24) is 10.6 Å². The first kappa shape index (κ1) is 36.7. The van der Waals surface area contributed by atoms with Gasteiger partial charge in [-0.15, -0.1) is 0 Å². The zero-order valence-corrected chi connectivity index (χ0v) is 25.0. The van der Waals surface area contributed by atoms with Gasteiger partial charge in [-0.3, -0.25) is 9.59 Å². The quantitative estimate of drug-likeness (QED) is 0.0566. The van der Waals surface area contributed by atoms with E-state index in [1.165, 1.54) is 35.7 Å². The molecular weight excluding hydrogens is 573 g/mol. The van der Waals surface area contributed by atoms with Crippen LogP contribution in [0.5, 0.6) is 0 Å². The standard InChI is InChI=1S/C24H40N2O8S4/c1-35-13-9-19(23(31)32)25-21(29)15-17(27)7-3-5-11-37-38-12-6-4-8-18(28)16-22(30)26-20(24(33)34)10-14-36-2/h3-4,7-8,17-20,27-28H,5-6,9-16H2,1-2H3,(H,25,29)(H,26,30)(H,31,32)(H,33,34)/b7-3+,8-4+/t17?,18?,19-,20-/m1/s1. The third kappa shape index (κ3) is 20.6. The Morgan fingerprint density at radius 2 is 1.05 bits per heavy atom. The predicted molar refractivity (Wildman–Crippen MR) is 159 cm³/mol. The Balaban J connectivity index is 3.99. The van der Waals surface area contributed by atoms with E-state index in [2.05, 4.69) is 10.6 Å². The third-order valence-electron chi connectivity index (χ3n) is 4.81. The fraction of sp³-hybridized carbons (Fsp3) is 0.667. The minimum Gasteiger partial charge on any atom is -0.480 e. The number of aliphatic carboxylic acids is 2. The van der Waals surface area contributed by atoms with Gasteiger partial charge in [0.15, 0.2) is 0 Å². The van der Waals surface area contributed by atoms with Gasteiger partial charge < -0.3 is 31.1 Å². The molecule has 0 saturated carbocycles. The van der Waals surface area contributed by atoms with Crippen LogP contribution in [0.25, 0.3) is 0 Å². The summed E-state index contributed by atoms with van der Waals surface area (Å²) in [5.74, 6) is -0.371. The lowest BCUT2D eigenvalue weighted by atomic mass is 10.2. The number of hydrogen-bond donors (Lipinski definition) is 6. The molecule has 0 radical (unpaired) electrons. The van der Waals surface area contributed by atoms with Gasteiger partial charge in [-0.25, -0.2) is 9.59 Å². The second kappa shape index (κ2) is 23.6. The minimum atomic E-state index is -1.09. The molecule has 0 aliphatic rings. The molecule has 0 fully saturated rings. The summed E-state index contributed by atoms with van der Waals surface area (Å²) in [7, 11) is 3.29. The summed E-state index contributed by atoms with van der Waals surface area (Å²) in [4.78, 5) is 46.2. The smallest absolute Gasteiger partial charge is 0.326 e. The fourth-order valence-electron chi connectivity index (χ4n) is 2.87. The molecule has 2 unspecified atom stereocenters. The van der Waals surface area contributed by atoms with Crippen molar-refractivity contribution in [2.24, 2.45) is 0 Å². The first-order valence-electron chi connectivity index (χ1n) is 12.1. The molecule has 0 heterocycles. The van der Waals surface area contributed by atoms with E-state index < -0.39 is 48.0 Å². The highest BCUT2D eigenvalue weighted by molar-refractivity contribution is 8.76. The number of aliphatic hydroxyl groups excluding tert-OH is 2. The Morgan fingerprint density at radius 1 is 0.684 bits per heavy atom. The highest BCUT2D eigenvalue weighted by Gasteiger charge is 2.21. The topological polar surface area (TPSA) is 173 Å². The van der Waals surface area contributed by atoms with Crippen LogP contribution in [-0.4, -0.2) is 104 Å². The highest BCUT2D eigenvalue weighted by Crippen LogP contribution is 2.23. The molecule has 4 atom stereocenters. The third-order valence-corrected chi connectivity index (χ3v) is 8.57. The first-order valence-corrected chi connectivity index (χ1v) is 17.3. The molecule has 0 bridgehead atoms. The van der Waals surface area contributed by atoms with Crippen molar-refractivity contribution in [1.29, 1.82) is 0 Å². The molecule has 0 aliphatic heterocycles. The molecule has 0 spiro atoms. The number of carboxylic acid groups (broad SMARTS) is 2. The number of amides is 2. The Hall–Kier alpha value is -1.32. The monoisotopic (exact) mass is 612 g/mol. The van der Waals surface area contributed by atoms with E-state index in [-0.39, 0.29) is 12.8 Å². The molecule has 0 aliphatic carbocycles. The molecule has 14 heteroatoms. The lowest BCUT2D eigenvalue weighted by Gasteiger charge is -2.14. The van der Waals surface area contributed by atoms with Crippen LogP contribution in [0.4, 0.5) is 0 Å². The van der Waals surface area contributed by atoms with Gasteiger partial charge in [0, 0.05) is 11.5 Å². The molecule has 2 amide bonds. The van der Waals surface area contributed by atoms with E-state index in [1.807, 2.05) is 12.5 Å². The van der Waals surface area contributed by atoms with Gasteiger partial charge in [-0.05, 0) is 49.7 Å². The van der Waals surface area contributed by atoms with Crippen molar-refractivity contribution in [3.63, 3.8) is 0 Å². The Bertz CT molecular complexity index is 708. The number of carboxylic acids is 2. The highest BCUT2D eigenvalue weighted by atomic mass is 33.1. The molecular formula is C24H40N2O8S4. The number of nitrogens with one attached hydrogen (secondary N) is 2. The summed E-state index contributed by atoms with van der Waals surface area (Å²) >= 11 is 2.99. The number of thioether (sulfide) groups is 2. The van der Waals surface area contributed by atoms with E-state index in [9.17, 15) is 29.4 Å².